The number of hydrogen-bond donors (Lipinski definition) is 0. The van der Waals surface area contributed by atoms with Crippen molar-refractivity contribution < 1.29 is 0 Å². The molecule has 0 radical (unpaired) electrons. The molecule has 0 amide bonds. The van der Waals surface area contributed by atoms with Crippen LogP contribution in [0.2, 0.25) is 0 Å². The summed E-state index contributed by atoms with van der Waals surface area (Å²) in [5.41, 5.74) is 10.1. The summed E-state index contributed by atoms with van der Waals surface area (Å²) in [4.78, 5) is 0. The largest absolute Gasteiger partial charge is 0.244 e. The van der Waals surface area contributed by atoms with Crippen molar-refractivity contribution in [3.05, 3.63) is 66.7 Å². The Morgan fingerprint density at radius 3 is 1.53 bits per heavy atom. The minimum Gasteiger partial charge on any atom is -0.0664 e. The van der Waals surface area contributed by atoms with E-state index in [4.69, 9.17) is 0 Å². The topological polar surface area (TPSA) is 0 Å². The zero-order valence-corrected chi connectivity index (χ0v) is 10.4. The summed E-state index contributed by atoms with van der Waals surface area (Å²) in [7, 11) is 0. The first-order valence-corrected chi connectivity index (χ1v) is 6.76. The summed E-state index contributed by atoms with van der Waals surface area (Å²) in [6.45, 7) is 0.457. The first-order chi connectivity index (χ1) is 9.45. The van der Waals surface area contributed by atoms with Gasteiger partial charge in [-0.25, -0.2) is 0 Å². The summed E-state index contributed by atoms with van der Waals surface area (Å²) in [5, 5.41) is 0. The molecule has 5 rings (SSSR count). The molecule has 1 heteroatoms. The number of hydrogen-bond acceptors (Lipinski definition) is 0. The molecule has 2 heterocycles. The van der Waals surface area contributed by atoms with Crippen LogP contribution in [0.5, 0.6) is 0 Å². The van der Waals surface area contributed by atoms with E-state index in [1.54, 1.807) is 0 Å². The van der Waals surface area contributed by atoms with Gasteiger partial charge < -0.3 is 0 Å². The molecule has 0 atom stereocenters. The molecule has 2 aliphatic rings. The van der Waals surface area contributed by atoms with Gasteiger partial charge in [0.05, 0.1) is 0 Å². The van der Waals surface area contributed by atoms with E-state index in [2.05, 4.69) is 66.7 Å². The molecule has 0 fully saturated rings. The Balaban J connectivity index is 1.99. The third-order valence-electron chi connectivity index (χ3n) is 4.52. The molecule has 0 spiro atoms. The zero-order chi connectivity index (χ0) is 12.4. The normalized spacial score (nSPS) is 13.2. The number of rotatable bonds is 0. The fourth-order valence-corrected chi connectivity index (χ4v) is 3.81. The SMILES string of the molecule is c1ccc2c(c1)B1c3ccccc3-c3cccc-2c31. The van der Waals surface area contributed by atoms with Gasteiger partial charge >= 0.3 is 0 Å². The lowest BCUT2D eigenvalue weighted by atomic mass is 9.41. The lowest BCUT2D eigenvalue weighted by Crippen LogP contribution is -2.45. The van der Waals surface area contributed by atoms with Crippen LogP contribution >= 0.6 is 0 Å². The second-order valence-electron chi connectivity index (χ2n) is 5.37. The van der Waals surface area contributed by atoms with Crippen molar-refractivity contribution in [3.8, 4) is 22.3 Å². The fourth-order valence-electron chi connectivity index (χ4n) is 3.81. The molecule has 0 N–H and O–H groups in total. The van der Waals surface area contributed by atoms with Gasteiger partial charge in [0.25, 0.3) is 0 Å². The van der Waals surface area contributed by atoms with Gasteiger partial charge in [-0.1, -0.05) is 83.1 Å². The van der Waals surface area contributed by atoms with Crippen LogP contribution in [0.25, 0.3) is 22.3 Å². The average molecular weight is 238 g/mol. The third kappa shape index (κ3) is 1.03. The van der Waals surface area contributed by atoms with Crippen LogP contribution in [0, 0.1) is 0 Å². The van der Waals surface area contributed by atoms with Crippen LogP contribution in [0.3, 0.4) is 0 Å². The molecule has 86 valence electrons. The van der Waals surface area contributed by atoms with Gasteiger partial charge in [-0.2, -0.15) is 0 Å². The lowest BCUT2D eigenvalue weighted by molar-refractivity contribution is 1.67. The van der Waals surface area contributed by atoms with Crippen LogP contribution < -0.4 is 16.4 Å². The first-order valence-electron chi connectivity index (χ1n) is 6.76. The Kier molecular flexibility index (Phi) is 1.61. The minimum absolute atomic E-state index is 0.457. The van der Waals surface area contributed by atoms with E-state index in [-0.39, 0.29) is 0 Å². The Morgan fingerprint density at radius 2 is 0.947 bits per heavy atom. The van der Waals surface area contributed by atoms with Gasteiger partial charge in [-0.3, -0.25) is 0 Å². The van der Waals surface area contributed by atoms with Crippen molar-refractivity contribution in [2.75, 3.05) is 0 Å². The molecule has 0 nitrogen and oxygen atoms in total. The van der Waals surface area contributed by atoms with Gasteiger partial charge in [0.15, 0.2) is 0 Å². The molecule has 0 bridgehead atoms. The molecule has 19 heavy (non-hydrogen) atoms. The molecular weight excluding hydrogens is 227 g/mol. The third-order valence-corrected chi connectivity index (χ3v) is 4.52. The van der Waals surface area contributed by atoms with Gasteiger partial charge in [-0.15, -0.1) is 0 Å². The van der Waals surface area contributed by atoms with Crippen molar-refractivity contribution >= 4 is 23.1 Å². The van der Waals surface area contributed by atoms with E-state index in [0.29, 0.717) is 6.71 Å². The van der Waals surface area contributed by atoms with E-state index in [9.17, 15) is 0 Å². The van der Waals surface area contributed by atoms with Crippen LogP contribution in [0.4, 0.5) is 0 Å². The smallest absolute Gasteiger partial charge is 0.0664 e. The molecule has 0 aromatic heterocycles. The maximum Gasteiger partial charge on any atom is 0.244 e. The van der Waals surface area contributed by atoms with Crippen LogP contribution in [0.1, 0.15) is 0 Å². The maximum atomic E-state index is 2.28. The highest BCUT2D eigenvalue weighted by Crippen LogP contribution is 2.32. The second kappa shape index (κ2) is 3.18. The van der Waals surface area contributed by atoms with E-state index in [1.807, 2.05) is 0 Å². The molecule has 3 aromatic rings. The first kappa shape index (κ1) is 9.63. The van der Waals surface area contributed by atoms with E-state index >= 15 is 0 Å². The molecular formula is C18H11B. The summed E-state index contributed by atoms with van der Waals surface area (Å²) >= 11 is 0. The van der Waals surface area contributed by atoms with Crippen molar-refractivity contribution in [2.24, 2.45) is 0 Å². The van der Waals surface area contributed by atoms with E-state index in [0.717, 1.165) is 0 Å². The predicted octanol–water partition coefficient (Wildman–Crippen LogP) is 2.16. The molecule has 3 aromatic carbocycles. The summed E-state index contributed by atoms with van der Waals surface area (Å²) in [6, 6.07) is 24.4. The fraction of sp³-hybridized carbons (Fsp3) is 0. The molecule has 0 unspecified atom stereocenters. The highest BCUT2D eigenvalue weighted by atomic mass is 14.2. The Morgan fingerprint density at radius 1 is 0.474 bits per heavy atom. The zero-order valence-electron chi connectivity index (χ0n) is 10.4. The van der Waals surface area contributed by atoms with Crippen molar-refractivity contribution in [3.63, 3.8) is 0 Å². The van der Waals surface area contributed by atoms with Crippen molar-refractivity contribution in [1.82, 2.24) is 0 Å². The summed E-state index contributed by atoms with van der Waals surface area (Å²) in [6.07, 6.45) is 0. The van der Waals surface area contributed by atoms with Crippen molar-refractivity contribution in [2.45, 2.75) is 0 Å². The van der Waals surface area contributed by atoms with Gasteiger partial charge in [-0.05, 0) is 22.3 Å². The summed E-state index contributed by atoms with van der Waals surface area (Å²) in [5.74, 6) is 0. The molecule has 0 saturated heterocycles. The molecule has 2 aliphatic heterocycles. The van der Waals surface area contributed by atoms with Crippen molar-refractivity contribution in [1.29, 1.82) is 0 Å². The summed E-state index contributed by atoms with van der Waals surface area (Å²) < 4.78 is 0. The van der Waals surface area contributed by atoms with E-state index < -0.39 is 0 Å². The highest BCUT2D eigenvalue weighted by Gasteiger charge is 2.40. The van der Waals surface area contributed by atoms with Crippen LogP contribution in [-0.4, -0.2) is 6.71 Å². The second-order valence-corrected chi connectivity index (χ2v) is 5.37. The molecule has 0 aliphatic carbocycles. The highest BCUT2D eigenvalue weighted by molar-refractivity contribution is 7.02. The van der Waals surface area contributed by atoms with Crippen LogP contribution in [0.15, 0.2) is 66.7 Å². The average Bonchev–Trinajstić information content (AvgIpc) is 2.99. The number of benzene rings is 3. The Hall–Kier alpha value is -2.28. The lowest BCUT2D eigenvalue weighted by Gasteiger charge is -2.08. The van der Waals surface area contributed by atoms with Gasteiger partial charge in [0.1, 0.15) is 0 Å². The standard InChI is InChI=1S/C18H11B/c1-3-10-16-12(6-1)14-8-5-9-15-13-7-2-4-11-17(13)19(16)18(14)15/h1-11H. The molecule has 0 saturated carbocycles. The Bertz CT molecular complexity index is 767. The van der Waals surface area contributed by atoms with E-state index in [1.165, 1.54) is 38.6 Å². The predicted molar refractivity (Wildman–Crippen MR) is 82.0 cm³/mol. The van der Waals surface area contributed by atoms with Gasteiger partial charge in [0, 0.05) is 0 Å². The monoisotopic (exact) mass is 238 g/mol. The van der Waals surface area contributed by atoms with Crippen LogP contribution in [-0.2, 0) is 0 Å². The maximum absolute atomic E-state index is 2.28. The quantitative estimate of drug-likeness (QED) is 0.363. The minimum atomic E-state index is 0.457. The number of fused-ring (bicyclic) bond motifs is 6. The van der Waals surface area contributed by atoms with Gasteiger partial charge in [0.2, 0.25) is 6.71 Å². The Labute approximate surface area is 112 Å².